The van der Waals surface area contributed by atoms with E-state index in [1.807, 2.05) is 24.9 Å². The quantitative estimate of drug-likeness (QED) is 0.734. The Hall–Kier alpha value is -0.810. The summed E-state index contributed by atoms with van der Waals surface area (Å²) in [5.74, 6) is 0.0569. The molecule has 4 nitrogen and oxygen atoms in total. The first kappa shape index (κ1) is 19.5. The van der Waals surface area contributed by atoms with Crippen LogP contribution < -0.4 is 0 Å². The number of likely N-dealkylation sites (tertiary alicyclic amines) is 1. The number of hydrogen-bond donors (Lipinski definition) is 0. The van der Waals surface area contributed by atoms with Crippen LogP contribution in [0.3, 0.4) is 0 Å². The molecule has 1 heterocycles. The largest absolute Gasteiger partial charge is 0.380 e. The van der Waals surface area contributed by atoms with E-state index >= 15 is 0 Å². The normalized spacial score (nSPS) is 17.7. The molecule has 24 heavy (non-hydrogen) atoms. The van der Waals surface area contributed by atoms with Gasteiger partial charge in [-0.3, -0.25) is 4.79 Å². The number of nitrogens with zero attached hydrogens (tertiary/aromatic N) is 2. The van der Waals surface area contributed by atoms with Gasteiger partial charge in [0.15, 0.2) is 0 Å². The Morgan fingerprint density at radius 3 is 2.54 bits per heavy atom. The van der Waals surface area contributed by atoms with Crippen molar-refractivity contribution in [2.45, 2.75) is 38.3 Å². The second kappa shape index (κ2) is 9.04. The number of halogens is 2. The molecular formula is C18H26Cl2N2O2. The molecule has 6 heteroatoms. The van der Waals surface area contributed by atoms with E-state index in [4.69, 9.17) is 27.9 Å². The van der Waals surface area contributed by atoms with Crippen LogP contribution in [0, 0.1) is 0 Å². The summed E-state index contributed by atoms with van der Waals surface area (Å²) in [5, 5.41) is 0.977. The van der Waals surface area contributed by atoms with E-state index in [1.54, 1.807) is 19.2 Å². The Morgan fingerprint density at radius 1 is 1.29 bits per heavy atom. The van der Waals surface area contributed by atoms with Gasteiger partial charge >= 0.3 is 0 Å². The van der Waals surface area contributed by atoms with Crippen LogP contribution in [0.1, 0.15) is 25.3 Å². The summed E-state index contributed by atoms with van der Waals surface area (Å²) >= 11 is 12.0. The Bertz CT molecular complexity index is 562. The van der Waals surface area contributed by atoms with Crippen molar-refractivity contribution in [2.75, 3.05) is 33.8 Å². The van der Waals surface area contributed by atoms with Crippen molar-refractivity contribution in [2.24, 2.45) is 0 Å². The van der Waals surface area contributed by atoms with Crippen LogP contribution in [0.5, 0.6) is 0 Å². The van der Waals surface area contributed by atoms with Crippen LogP contribution in [0.2, 0.25) is 10.0 Å². The highest BCUT2D eigenvalue weighted by molar-refractivity contribution is 6.42. The van der Waals surface area contributed by atoms with E-state index in [2.05, 4.69) is 4.90 Å². The van der Waals surface area contributed by atoms with Gasteiger partial charge in [0.05, 0.1) is 28.6 Å². The maximum Gasteiger partial charge on any atom is 0.227 e. The van der Waals surface area contributed by atoms with Gasteiger partial charge in [-0.05, 0) is 50.6 Å². The van der Waals surface area contributed by atoms with Gasteiger partial charge in [0.2, 0.25) is 5.91 Å². The van der Waals surface area contributed by atoms with Crippen molar-refractivity contribution < 1.29 is 9.53 Å². The van der Waals surface area contributed by atoms with E-state index in [1.165, 1.54) is 12.8 Å². The summed E-state index contributed by atoms with van der Waals surface area (Å²) in [6, 6.07) is 5.36. The van der Waals surface area contributed by atoms with Crippen molar-refractivity contribution in [3.63, 3.8) is 0 Å². The number of benzene rings is 1. The van der Waals surface area contributed by atoms with Crippen LogP contribution >= 0.6 is 23.2 Å². The highest BCUT2D eigenvalue weighted by atomic mass is 35.5. The number of amides is 1. The van der Waals surface area contributed by atoms with Crippen LogP contribution in [0.4, 0.5) is 0 Å². The number of hydrogen-bond acceptors (Lipinski definition) is 3. The fourth-order valence-electron chi connectivity index (χ4n) is 3.11. The van der Waals surface area contributed by atoms with Crippen LogP contribution in [0.25, 0.3) is 0 Å². The number of carbonyl (C=O) groups excluding carboxylic acids is 1. The van der Waals surface area contributed by atoms with Crippen LogP contribution in [0.15, 0.2) is 18.2 Å². The molecule has 0 bridgehead atoms. The van der Waals surface area contributed by atoms with Gasteiger partial charge in [-0.25, -0.2) is 0 Å². The number of carbonyl (C=O) groups is 1. The lowest BCUT2D eigenvalue weighted by molar-refractivity contribution is -0.134. The zero-order chi connectivity index (χ0) is 17.7. The maximum atomic E-state index is 12.7. The van der Waals surface area contributed by atoms with E-state index < -0.39 is 0 Å². The molecule has 1 aliphatic heterocycles. The second-order valence-electron chi connectivity index (χ2n) is 6.45. The molecule has 0 saturated carbocycles. The zero-order valence-corrected chi connectivity index (χ0v) is 16.1. The molecule has 0 aromatic heterocycles. The average molecular weight is 373 g/mol. The molecule has 1 aromatic carbocycles. The van der Waals surface area contributed by atoms with Crippen molar-refractivity contribution in [3.05, 3.63) is 33.8 Å². The molecule has 0 N–H and O–H groups in total. The number of ether oxygens (including phenoxy) is 1. The van der Waals surface area contributed by atoms with Gasteiger partial charge in [-0.2, -0.15) is 0 Å². The van der Waals surface area contributed by atoms with Gasteiger partial charge in [-0.1, -0.05) is 29.3 Å². The third-order valence-electron chi connectivity index (χ3n) is 4.79. The molecule has 2 atom stereocenters. The predicted molar refractivity (Wildman–Crippen MR) is 98.9 cm³/mol. The first-order valence-electron chi connectivity index (χ1n) is 8.37. The summed E-state index contributed by atoms with van der Waals surface area (Å²) in [7, 11) is 3.55. The van der Waals surface area contributed by atoms with Gasteiger partial charge in [0, 0.05) is 20.7 Å². The molecule has 1 aromatic rings. The van der Waals surface area contributed by atoms with E-state index in [0.29, 0.717) is 16.5 Å². The van der Waals surface area contributed by atoms with E-state index in [-0.39, 0.29) is 18.1 Å². The summed E-state index contributed by atoms with van der Waals surface area (Å²) in [5.41, 5.74) is 0.867. The molecule has 0 spiro atoms. The van der Waals surface area contributed by atoms with Gasteiger partial charge in [-0.15, -0.1) is 0 Å². The fourth-order valence-corrected chi connectivity index (χ4v) is 3.43. The molecule has 1 saturated heterocycles. The molecule has 0 unspecified atom stereocenters. The standard InChI is InChI=1S/C18H26Cl2N2O2/c1-13(24-3)17(12-22-8-4-5-9-22)21(2)18(23)11-14-6-7-15(19)16(20)10-14/h6-7,10,13,17H,4-5,8-9,11-12H2,1-3H3/t13-,17+/m1/s1. The smallest absolute Gasteiger partial charge is 0.227 e. The first-order chi connectivity index (χ1) is 11.4. The van der Waals surface area contributed by atoms with Crippen molar-refractivity contribution in [3.8, 4) is 0 Å². The predicted octanol–water partition coefficient (Wildman–Crippen LogP) is 3.49. The Kier molecular flexibility index (Phi) is 7.35. The van der Waals surface area contributed by atoms with Crippen LogP contribution in [-0.2, 0) is 16.0 Å². The summed E-state index contributed by atoms with van der Waals surface area (Å²) in [6.07, 6.45) is 2.75. The molecule has 1 aliphatic rings. The third-order valence-corrected chi connectivity index (χ3v) is 5.53. The monoisotopic (exact) mass is 372 g/mol. The molecule has 134 valence electrons. The van der Waals surface area contributed by atoms with Crippen LogP contribution in [-0.4, -0.2) is 61.6 Å². The SMILES string of the molecule is CO[C@H](C)[C@H](CN1CCCC1)N(C)C(=O)Cc1ccc(Cl)c(Cl)c1. The van der Waals surface area contributed by atoms with Crippen molar-refractivity contribution >= 4 is 29.1 Å². The summed E-state index contributed by atoms with van der Waals surface area (Å²) < 4.78 is 5.52. The number of likely N-dealkylation sites (N-methyl/N-ethyl adjacent to an activating group) is 1. The van der Waals surface area contributed by atoms with Gasteiger partial charge < -0.3 is 14.5 Å². The lowest BCUT2D eigenvalue weighted by atomic mass is 10.1. The zero-order valence-electron chi connectivity index (χ0n) is 14.6. The average Bonchev–Trinajstić information content (AvgIpc) is 3.07. The Balaban J connectivity index is 2.04. The minimum Gasteiger partial charge on any atom is -0.380 e. The molecule has 0 radical (unpaired) electrons. The number of methoxy groups -OCH3 is 1. The highest BCUT2D eigenvalue weighted by Crippen LogP contribution is 2.23. The molecule has 0 aliphatic carbocycles. The van der Waals surface area contributed by atoms with Gasteiger partial charge in [0.1, 0.15) is 0 Å². The molecule has 2 rings (SSSR count). The fraction of sp³-hybridized carbons (Fsp3) is 0.611. The summed E-state index contributed by atoms with van der Waals surface area (Å²) in [4.78, 5) is 16.9. The topological polar surface area (TPSA) is 32.8 Å². The lowest BCUT2D eigenvalue weighted by Gasteiger charge is -2.35. The lowest BCUT2D eigenvalue weighted by Crippen LogP contribution is -2.50. The Morgan fingerprint density at radius 2 is 1.96 bits per heavy atom. The third kappa shape index (κ3) is 5.09. The second-order valence-corrected chi connectivity index (χ2v) is 7.26. The minimum atomic E-state index is -0.0200. The van der Waals surface area contributed by atoms with Crippen molar-refractivity contribution in [1.82, 2.24) is 9.80 Å². The first-order valence-corrected chi connectivity index (χ1v) is 9.12. The van der Waals surface area contributed by atoms with E-state index in [0.717, 1.165) is 25.2 Å². The summed E-state index contributed by atoms with van der Waals surface area (Å²) in [6.45, 7) is 5.06. The number of rotatable bonds is 7. The molecule has 1 amide bonds. The van der Waals surface area contributed by atoms with E-state index in [9.17, 15) is 4.79 Å². The van der Waals surface area contributed by atoms with Crippen molar-refractivity contribution in [1.29, 1.82) is 0 Å². The van der Waals surface area contributed by atoms with Gasteiger partial charge in [0.25, 0.3) is 0 Å². The highest BCUT2D eigenvalue weighted by Gasteiger charge is 2.28. The Labute approximate surface area is 154 Å². The molecule has 1 fully saturated rings. The molecular weight excluding hydrogens is 347 g/mol. The maximum absolute atomic E-state index is 12.7. The minimum absolute atomic E-state index is 0.0200.